The van der Waals surface area contributed by atoms with Crippen LogP contribution in [0, 0.1) is 0 Å². The van der Waals surface area contributed by atoms with Gasteiger partial charge in [0, 0.05) is 0 Å². The number of hydrogen-bond donors (Lipinski definition) is 1. The number of benzene rings is 1. The molecule has 88 valence electrons. The van der Waals surface area contributed by atoms with Crippen LogP contribution in [0.5, 0.6) is 0 Å². The van der Waals surface area contributed by atoms with Crippen LogP contribution in [0.25, 0.3) is 0 Å². The molecular weight excluding hydrogens is 236 g/mol. The van der Waals surface area contributed by atoms with Gasteiger partial charge in [0.2, 0.25) is 8.32 Å². The van der Waals surface area contributed by atoms with E-state index in [1.807, 2.05) is 12.1 Å². The van der Waals surface area contributed by atoms with E-state index in [1.165, 1.54) is 0 Å². The van der Waals surface area contributed by atoms with Gasteiger partial charge in [0.05, 0.1) is 5.56 Å². The molecule has 1 aromatic carbocycles. The van der Waals surface area contributed by atoms with Crippen LogP contribution in [0.3, 0.4) is 0 Å². The summed E-state index contributed by atoms with van der Waals surface area (Å²) in [4.78, 5) is 10.7. The molecule has 0 bridgehead atoms. The largest absolute Gasteiger partial charge is 0.478 e. The van der Waals surface area contributed by atoms with Crippen LogP contribution in [0.2, 0.25) is 26.2 Å². The molecule has 0 heterocycles. The first-order valence-corrected chi connectivity index (χ1v) is 11.0. The topological polar surface area (TPSA) is 46.5 Å². The third kappa shape index (κ3) is 3.29. The lowest BCUT2D eigenvalue weighted by Crippen LogP contribution is -2.47. The van der Waals surface area contributed by atoms with Gasteiger partial charge in [-0.3, -0.25) is 0 Å². The molecule has 1 N–H and O–H groups in total. The van der Waals surface area contributed by atoms with Crippen molar-refractivity contribution in [1.82, 2.24) is 0 Å². The van der Waals surface area contributed by atoms with Crippen molar-refractivity contribution in [3.8, 4) is 0 Å². The molecule has 5 heteroatoms. The average Bonchev–Trinajstić information content (AvgIpc) is 2.16. The van der Waals surface area contributed by atoms with Crippen molar-refractivity contribution in [1.29, 1.82) is 0 Å². The Bertz CT molecular complexity index is 371. The second-order valence-electron chi connectivity index (χ2n) is 4.56. The van der Waals surface area contributed by atoms with Crippen LogP contribution in [0.4, 0.5) is 0 Å². The Balaban J connectivity index is 2.92. The molecule has 1 aromatic rings. The SMILES string of the molecule is C[SiH](C)O[Si](C)(C)c1ccc(C(=O)O)cc1. The molecular formula is C11H18O3Si2. The number of carboxylic acid groups (broad SMARTS) is 1. The van der Waals surface area contributed by atoms with Gasteiger partial charge in [-0.25, -0.2) is 4.79 Å². The summed E-state index contributed by atoms with van der Waals surface area (Å²) in [5.41, 5.74) is 0.329. The quantitative estimate of drug-likeness (QED) is 0.833. The Morgan fingerprint density at radius 3 is 2.12 bits per heavy atom. The van der Waals surface area contributed by atoms with E-state index in [1.54, 1.807) is 12.1 Å². The normalized spacial score (nSPS) is 11.8. The maximum atomic E-state index is 10.7. The highest BCUT2D eigenvalue weighted by atomic mass is 28.4. The van der Waals surface area contributed by atoms with E-state index in [4.69, 9.17) is 9.22 Å². The van der Waals surface area contributed by atoms with Crippen LogP contribution < -0.4 is 5.19 Å². The third-order valence-corrected chi connectivity index (χ3v) is 8.32. The Morgan fingerprint density at radius 1 is 1.25 bits per heavy atom. The predicted molar refractivity (Wildman–Crippen MR) is 70.5 cm³/mol. The van der Waals surface area contributed by atoms with Gasteiger partial charge in [-0.2, -0.15) is 0 Å². The van der Waals surface area contributed by atoms with Crippen LogP contribution in [-0.4, -0.2) is 28.4 Å². The first-order chi connectivity index (χ1) is 7.33. The molecule has 0 aliphatic rings. The monoisotopic (exact) mass is 254 g/mol. The molecule has 0 atom stereocenters. The Morgan fingerprint density at radius 2 is 1.75 bits per heavy atom. The highest BCUT2D eigenvalue weighted by molar-refractivity contribution is 6.88. The van der Waals surface area contributed by atoms with Crippen molar-refractivity contribution in [2.75, 3.05) is 0 Å². The molecule has 0 aliphatic carbocycles. The lowest BCUT2D eigenvalue weighted by atomic mass is 10.2. The zero-order chi connectivity index (χ0) is 12.3. The zero-order valence-corrected chi connectivity index (χ0v) is 12.3. The fourth-order valence-electron chi connectivity index (χ4n) is 1.67. The molecule has 0 aliphatic heterocycles. The smallest absolute Gasteiger partial charge is 0.335 e. The van der Waals surface area contributed by atoms with Crippen LogP contribution >= 0.6 is 0 Å². The van der Waals surface area contributed by atoms with Gasteiger partial charge in [-0.05, 0) is 43.5 Å². The van der Waals surface area contributed by atoms with Gasteiger partial charge < -0.3 is 9.22 Å². The standard InChI is InChI=1S/C11H18O3Si2/c1-15(2)14-16(3,4)10-7-5-9(6-8-10)11(12)13/h5-8,15H,1-4H3,(H,12,13). The molecule has 0 saturated heterocycles. The van der Waals surface area contributed by atoms with E-state index >= 15 is 0 Å². The fraction of sp³-hybridized carbons (Fsp3) is 0.364. The number of carbonyl (C=O) groups is 1. The van der Waals surface area contributed by atoms with Crippen LogP contribution in [-0.2, 0) is 4.12 Å². The molecule has 0 amide bonds. The molecule has 0 fully saturated rings. The van der Waals surface area contributed by atoms with Gasteiger partial charge in [-0.1, -0.05) is 12.1 Å². The van der Waals surface area contributed by atoms with Crippen molar-refractivity contribution in [2.45, 2.75) is 26.2 Å². The minimum atomic E-state index is -1.83. The highest BCUT2D eigenvalue weighted by Gasteiger charge is 2.26. The number of hydrogen-bond acceptors (Lipinski definition) is 2. The molecule has 0 spiro atoms. The van der Waals surface area contributed by atoms with Gasteiger partial charge in [0.1, 0.15) is 0 Å². The minimum Gasteiger partial charge on any atom is -0.478 e. The maximum Gasteiger partial charge on any atom is 0.335 e. The summed E-state index contributed by atoms with van der Waals surface area (Å²) in [6.07, 6.45) is 0. The minimum absolute atomic E-state index is 0.329. The second-order valence-corrected chi connectivity index (χ2v) is 11.2. The number of rotatable bonds is 4. The Labute approximate surface area is 98.9 Å². The van der Waals surface area contributed by atoms with E-state index in [2.05, 4.69) is 26.2 Å². The summed E-state index contributed by atoms with van der Waals surface area (Å²) >= 11 is 0. The van der Waals surface area contributed by atoms with Crippen LogP contribution in [0.15, 0.2) is 24.3 Å². The van der Waals surface area contributed by atoms with Crippen molar-refractivity contribution in [3.63, 3.8) is 0 Å². The van der Waals surface area contributed by atoms with Gasteiger partial charge in [-0.15, -0.1) is 0 Å². The molecule has 0 aromatic heterocycles. The van der Waals surface area contributed by atoms with Crippen molar-refractivity contribution < 1.29 is 14.0 Å². The summed E-state index contributed by atoms with van der Waals surface area (Å²) in [5, 5.41) is 9.96. The Kier molecular flexibility index (Phi) is 4.06. The number of aromatic carboxylic acids is 1. The first kappa shape index (κ1) is 13.2. The molecule has 0 unspecified atom stereocenters. The van der Waals surface area contributed by atoms with Gasteiger partial charge in [0.25, 0.3) is 0 Å². The lowest BCUT2D eigenvalue weighted by molar-refractivity contribution is 0.0697. The molecule has 3 nitrogen and oxygen atoms in total. The number of carboxylic acids is 1. The summed E-state index contributed by atoms with van der Waals surface area (Å²) < 4.78 is 6.05. The van der Waals surface area contributed by atoms with Crippen LogP contribution in [0.1, 0.15) is 10.4 Å². The Hall–Kier alpha value is -0.916. The van der Waals surface area contributed by atoms with Gasteiger partial charge in [0.15, 0.2) is 9.04 Å². The third-order valence-electron chi connectivity index (χ3n) is 2.36. The summed E-state index contributed by atoms with van der Waals surface area (Å²) in [6, 6.07) is 7.06. The van der Waals surface area contributed by atoms with Crippen molar-refractivity contribution >= 4 is 28.5 Å². The van der Waals surface area contributed by atoms with E-state index < -0.39 is 23.3 Å². The van der Waals surface area contributed by atoms with E-state index in [0.29, 0.717) is 5.56 Å². The molecule has 0 saturated carbocycles. The second kappa shape index (κ2) is 4.94. The summed E-state index contributed by atoms with van der Waals surface area (Å²) in [5.74, 6) is -0.884. The fourth-order valence-corrected chi connectivity index (χ4v) is 7.90. The summed E-state index contributed by atoms with van der Waals surface area (Å²) in [6.45, 7) is 8.60. The lowest BCUT2D eigenvalue weighted by Gasteiger charge is -2.26. The van der Waals surface area contributed by atoms with Crippen molar-refractivity contribution in [3.05, 3.63) is 29.8 Å². The van der Waals surface area contributed by atoms with Gasteiger partial charge >= 0.3 is 5.97 Å². The predicted octanol–water partition coefficient (Wildman–Crippen LogP) is 1.80. The van der Waals surface area contributed by atoms with E-state index in [9.17, 15) is 4.79 Å². The highest BCUT2D eigenvalue weighted by Crippen LogP contribution is 2.08. The molecule has 16 heavy (non-hydrogen) atoms. The van der Waals surface area contributed by atoms with Crippen molar-refractivity contribution in [2.24, 2.45) is 0 Å². The van der Waals surface area contributed by atoms with E-state index in [0.717, 1.165) is 5.19 Å². The maximum absolute atomic E-state index is 10.7. The van der Waals surface area contributed by atoms with E-state index in [-0.39, 0.29) is 0 Å². The molecule has 1 rings (SSSR count). The average molecular weight is 254 g/mol. The first-order valence-electron chi connectivity index (χ1n) is 5.34. The zero-order valence-electron chi connectivity index (χ0n) is 10.2. The summed E-state index contributed by atoms with van der Waals surface area (Å²) in [7, 11) is -2.88. The molecule has 0 radical (unpaired) electrons.